The maximum absolute atomic E-state index is 13.9. The molecule has 11 nitrogen and oxygen atoms in total. The van der Waals surface area contributed by atoms with E-state index >= 15 is 0 Å². The zero-order chi connectivity index (χ0) is 29.4. The van der Waals surface area contributed by atoms with Crippen LogP contribution in [0.15, 0.2) is 47.4 Å². The third-order valence-corrected chi connectivity index (χ3v) is 10.0. The Hall–Kier alpha value is -3.35. The van der Waals surface area contributed by atoms with Gasteiger partial charge in [-0.05, 0) is 62.1 Å². The van der Waals surface area contributed by atoms with Gasteiger partial charge in [-0.25, -0.2) is 13.2 Å². The van der Waals surface area contributed by atoms with Gasteiger partial charge in [0.05, 0.1) is 19.8 Å². The van der Waals surface area contributed by atoms with Crippen molar-refractivity contribution in [3.63, 3.8) is 0 Å². The Balaban J connectivity index is 1.49. The Kier molecular flexibility index (Phi) is 8.18. The molecule has 0 bridgehead atoms. The third kappa shape index (κ3) is 6.00. The van der Waals surface area contributed by atoms with E-state index in [1.54, 1.807) is 24.1 Å². The molecule has 3 amide bonds. The second-order valence-corrected chi connectivity index (χ2v) is 13.2. The van der Waals surface area contributed by atoms with Gasteiger partial charge in [0, 0.05) is 44.1 Å². The molecule has 3 aliphatic heterocycles. The van der Waals surface area contributed by atoms with E-state index in [1.165, 1.54) is 6.07 Å². The van der Waals surface area contributed by atoms with Gasteiger partial charge in [-0.15, -0.1) is 0 Å². The molecular formula is C29H38N4O7S. The van der Waals surface area contributed by atoms with Gasteiger partial charge in [-0.3, -0.25) is 4.79 Å². The first-order valence-electron chi connectivity index (χ1n) is 14.0. The minimum Gasteiger partial charge on any atom is -0.497 e. The summed E-state index contributed by atoms with van der Waals surface area (Å²) >= 11 is 0. The second-order valence-electron chi connectivity index (χ2n) is 11.3. The molecule has 2 atom stereocenters. The molecule has 2 fully saturated rings. The Morgan fingerprint density at radius 1 is 1.15 bits per heavy atom. The quantitative estimate of drug-likeness (QED) is 0.502. The van der Waals surface area contributed by atoms with E-state index in [0.29, 0.717) is 38.1 Å². The van der Waals surface area contributed by atoms with Crippen LogP contribution in [0.2, 0.25) is 0 Å². The molecule has 222 valence electrons. The number of fused-ring (bicyclic) bond motifs is 2. The number of amides is 3. The van der Waals surface area contributed by atoms with Crippen LogP contribution in [-0.2, 0) is 14.8 Å². The summed E-state index contributed by atoms with van der Waals surface area (Å²) < 4.78 is 40.5. The molecule has 3 heterocycles. The first-order valence-corrected chi connectivity index (χ1v) is 15.4. The first-order chi connectivity index (χ1) is 19.5. The fourth-order valence-electron chi connectivity index (χ4n) is 5.85. The lowest BCUT2D eigenvalue weighted by Gasteiger charge is -2.43. The van der Waals surface area contributed by atoms with Crippen molar-refractivity contribution in [1.29, 1.82) is 0 Å². The van der Waals surface area contributed by atoms with Crippen molar-refractivity contribution in [2.45, 2.75) is 68.2 Å². The number of hydrogen-bond donors (Lipinski definition) is 3. The number of ether oxygens (including phenoxy) is 2. The summed E-state index contributed by atoms with van der Waals surface area (Å²) in [6.07, 6.45) is 0.443. The van der Waals surface area contributed by atoms with Gasteiger partial charge in [-0.2, -0.15) is 4.31 Å². The molecule has 2 saturated heterocycles. The van der Waals surface area contributed by atoms with Crippen LogP contribution >= 0.6 is 0 Å². The van der Waals surface area contributed by atoms with Crippen LogP contribution in [0.25, 0.3) is 11.1 Å². The molecule has 2 aromatic rings. The fourth-order valence-corrected chi connectivity index (χ4v) is 7.60. The molecule has 12 heteroatoms. The van der Waals surface area contributed by atoms with Gasteiger partial charge in [0.1, 0.15) is 22.4 Å². The zero-order valence-electron chi connectivity index (χ0n) is 23.6. The lowest BCUT2D eigenvalue weighted by Crippen LogP contribution is -2.60. The number of sulfonamides is 1. The molecule has 2 aromatic carbocycles. The number of aliphatic hydroxyl groups excluding tert-OH is 1. The molecule has 0 saturated carbocycles. The average Bonchev–Trinajstić information content (AvgIpc) is 3.35. The molecule has 3 aliphatic rings. The number of rotatable bonds is 3. The number of carbonyl (C=O) groups excluding carboxylic acids is 2. The average molecular weight is 587 g/mol. The summed E-state index contributed by atoms with van der Waals surface area (Å²) in [4.78, 5) is 27.9. The van der Waals surface area contributed by atoms with Gasteiger partial charge in [0.15, 0.2) is 0 Å². The van der Waals surface area contributed by atoms with Crippen LogP contribution in [0.5, 0.6) is 11.5 Å². The molecule has 0 unspecified atom stereocenters. The Morgan fingerprint density at radius 2 is 1.88 bits per heavy atom. The highest BCUT2D eigenvalue weighted by molar-refractivity contribution is 7.89. The van der Waals surface area contributed by atoms with E-state index in [1.807, 2.05) is 38.1 Å². The highest BCUT2D eigenvalue weighted by Crippen LogP contribution is 2.37. The van der Waals surface area contributed by atoms with E-state index < -0.39 is 33.6 Å². The fraction of sp³-hybridized carbons (Fsp3) is 0.517. The van der Waals surface area contributed by atoms with E-state index in [4.69, 9.17) is 9.47 Å². The van der Waals surface area contributed by atoms with Crippen molar-refractivity contribution in [3.05, 3.63) is 42.5 Å². The number of benzene rings is 2. The lowest BCUT2D eigenvalue weighted by molar-refractivity contribution is -0.127. The molecule has 5 rings (SSSR count). The van der Waals surface area contributed by atoms with E-state index in [0.717, 1.165) is 15.4 Å². The molecule has 41 heavy (non-hydrogen) atoms. The summed E-state index contributed by atoms with van der Waals surface area (Å²) in [5.41, 5.74) is 0.889. The van der Waals surface area contributed by atoms with Crippen LogP contribution < -0.4 is 20.1 Å². The number of likely N-dealkylation sites (tertiary alicyclic amines) is 1. The summed E-state index contributed by atoms with van der Waals surface area (Å²) in [6, 6.07) is 11.1. The predicted molar refractivity (Wildman–Crippen MR) is 152 cm³/mol. The number of carbonyl (C=O) groups is 2. The minimum absolute atomic E-state index is 0.00213. The van der Waals surface area contributed by atoms with E-state index in [9.17, 15) is 23.1 Å². The van der Waals surface area contributed by atoms with E-state index in [2.05, 4.69) is 10.6 Å². The molecule has 3 N–H and O–H groups in total. The normalized spacial score (nSPS) is 24.0. The van der Waals surface area contributed by atoms with Crippen LogP contribution in [-0.4, -0.2) is 91.7 Å². The van der Waals surface area contributed by atoms with Gasteiger partial charge in [0.25, 0.3) is 0 Å². The van der Waals surface area contributed by atoms with Gasteiger partial charge < -0.3 is 30.1 Å². The van der Waals surface area contributed by atoms with Crippen molar-refractivity contribution in [2.75, 3.05) is 33.4 Å². The van der Waals surface area contributed by atoms with Crippen LogP contribution in [0, 0.1) is 0 Å². The van der Waals surface area contributed by atoms with Crippen molar-refractivity contribution in [2.24, 2.45) is 0 Å². The smallest absolute Gasteiger partial charge is 0.317 e. The topological polar surface area (TPSA) is 138 Å². The van der Waals surface area contributed by atoms with Gasteiger partial charge in [0.2, 0.25) is 15.9 Å². The molecular weight excluding hydrogens is 548 g/mol. The number of urea groups is 1. The molecule has 0 aromatic heterocycles. The second kappa shape index (κ2) is 11.5. The Bertz CT molecular complexity index is 1410. The predicted octanol–water partition coefficient (Wildman–Crippen LogP) is 2.34. The largest absolute Gasteiger partial charge is 0.497 e. The monoisotopic (exact) mass is 586 g/mol. The zero-order valence-corrected chi connectivity index (χ0v) is 24.4. The van der Waals surface area contributed by atoms with Crippen molar-refractivity contribution >= 4 is 22.0 Å². The molecule has 0 radical (unpaired) electrons. The summed E-state index contributed by atoms with van der Waals surface area (Å²) in [7, 11) is -2.60. The number of nitrogens with zero attached hydrogens (tertiary/aromatic N) is 2. The number of methoxy groups -OCH3 is 1. The SMILES string of the molecule is COc1cccc(-c2ccc3c(c2)OCCC2(CCN(C(=O)NC(C)C)CC2)NC(=O)[C@@H]2C[C@@H](O)CN2S3(=O)=O)c1. The number of aliphatic hydroxyl groups is 1. The third-order valence-electron chi connectivity index (χ3n) is 8.12. The first kappa shape index (κ1) is 29.2. The van der Waals surface area contributed by atoms with Crippen molar-refractivity contribution in [3.8, 4) is 22.6 Å². The number of nitrogens with one attached hydrogen (secondary N) is 2. The van der Waals surface area contributed by atoms with Crippen LogP contribution in [0.1, 0.15) is 39.5 Å². The Labute approximate surface area is 240 Å². The van der Waals surface area contributed by atoms with Gasteiger partial charge >= 0.3 is 6.03 Å². The Morgan fingerprint density at radius 3 is 2.59 bits per heavy atom. The summed E-state index contributed by atoms with van der Waals surface area (Å²) in [5.74, 6) is 0.409. The maximum atomic E-state index is 13.9. The lowest BCUT2D eigenvalue weighted by atomic mass is 9.84. The molecule has 1 spiro atoms. The standard InChI is InChI=1S/C29H38N4O7S/c1-19(2)30-28(36)32-12-9-29(10-13-32)11-14-40-25-16-21(20-5-4-6-23(15-20)39-3)7-8-26(25)41(37,38)33-18-22(34)17-24(33)27(35)31-29/h4-8,15-16,19,22,24,34H,9-14,17-18H2,1-3H3,(H,30,36)(H,31,35)/t22-,24+/m1/s1. The van der Waals surface area contributed by atoms with Gasteiger partial charge in [-0.1, -0.05) is 18.2 Å². The minimum atomic E-state index is -4.18. The highest BCUT2D eigenvalue weighted by Gasteiger charge is 2.47. The summed E-state index contributed by atoms with van der Waals surface area (Å²) in [5, 5.41) is 16.5. The maximum Gasteiger partial charge on any atom is 0.317 e. The number of piperidine rings is 1. The van der Waals surface area contributed by atoms with Crippen LogP contribution in [0.4, 0.5) is 4.79 Å². The summed E-state index contributed by atoms with van der Waals surface area (Å²) in [6.45, 7) is 4.65. The van der Waals surface area contributed by atoms with Crippen molar-refractivity contribution < 1.29 is 32.6 Å². The van der Waals surface area contributed by atoms with Crippen molar-refractivity contribution in [1.82, 2.24) is 19.8 Å². The van der Waals surface area contributed by atoms with E-state index in [-0.39, 0.29) is 42.3 Å². The highest BCUT2D eigenvalue weighted by atomic mass is 32.2. The number of hydrogen-bond acceptors (Lipinski definition) is 7. The molecule has 0 aliphatic carbocycles. The van der Waals surface area contributed by atoms with Crippen LogP contribution in [0.3, 0.4) is 0 Å².